The molecule has 0 bridgehead atoms. The van der Waals surface area contributed by atoms with Gasteiger partial charge in [0.25, 0.3) is 0 Å². The van der Waals surface area contributed by atoms with Gasteiger partial charge in [0.15, 0.2) is 0 Å². The van der Waals surface area contributed by atoms with E-state index < -0.39 is 9.84 Å². The van der Waals surface area contributed by atoms with Crippen LogP contribution in [0, 0.1) is 6.92 Å². The summed E-state index contributed by atoms with van der Waals surface area (Å²) < 4.78 is 24.1. The number of hydrogen-bond donors (Lipinski definition) is 0. The van der Waals surface area contributed by atoms with E-state index in [1.165, 1.54) is 5.41 Å². The summed E-state index contributed by atoms with van der Waals surface area (Å²) in [6, 6.07) is 6.84. The van der Waals surface area contributed by atoms with Crippen molar-refractivity contribution in [1.29, 1.82) is 0 Å². The zero-order valence-corrected chi connectivity index (χ0v) is 11.0. The van der Waals surface area contributed by atoms with Crippen molar-refractivity contribution in [3.63, 3.8) is 0 Å². The minimum atomic E-state index is -3.25. The minimum Gasteiger partial charge on any atom is -0.219 e. The third kappa shape index (κ3) is 3.09. The molecule has 0 aliphatic rings. The molecule has 0 radical (unpaired) electrons. The van der Waals surface area contributed by atoms with Gasteiger partial charge >= 0.3 is 0 Å². The van der Waals surface area contributed by atoms with Crippen LogP contribution in [-0.4, -0.2) is 8.42 Å². The van der Waals surface area contributed by atoms with Gasteiger partial charge < -0.3 is 0 Å². The summed E-state index contributed by atoms with van der Waals surface area (Å²) in [7, 11) is -3.25. The highest BCUT2D eigenvalue weighted by molar-refractivity contribution is 14.1. The van der Waals surface area contributed by atoms with Crippen LogP contribution in [0.5, 0.6) is 0 Å². The highest BCUT2D eigenvalue weighted by Crippen LogP contribution is 2.16. The minimum absolute atomic E-state index is 0.346. The van der Waals surface area contributed by atoms with Gasteiger partial charge in [-0.05, 0) is 52.2 Å². The molecule has 0 heterocycles. The smallest absolute Gasteiger partial charge is 0.200 e. The molecular formula is C10H11IO2S. The number of aryl methyl sites for hydroxylation is 1. The molecule has 0 spiro atoms. The largest absolute Gasteiger partial charge is 0.219 e. The van der Waals surface area contributed by atoms with Crippen LogP contribution in [0.3, 0.4) is 0 Å². The average Bonchev–Trinajstić information content (AvgIpc) is 2.02. The first-order chi connectivity index (χ1) is 6.42. The summed E-state index contributed by atoms with van der Waals surface area (Å²) in [4.78, 5) is 0.346. The lowest BCUT2D eigenvalue weighted by Gasteiger charge is -1.99. The van der Waals surface area contributed by atoms with Gasteiger partial charge in [0.1, 0.15) is 0 Å². The Kier molecular flexibility index (Phi) is 3.71. The topological polar surface area (TPSA) is 34.1 Å². The van der Waals surface area contributed by atoms with Crippen molar-refractivity contribution >= 4 is 32.4 Å². The van der Waals surface area contributed by atoms with Crippen LogP contribution >= 0.6 is 22.6 Å². The Morgan fingerprint density at radius 2 is 1.79 bits per heavy atom. The summed E-state index contributed by atoms with van der Waals surface area (Å²) in [6.07, 6.45) is 0. The zero-order chi connectivity index (χ0) is 10.8. The van der Waals surface area contributed by atoms with Crippen LogP contribution in [0.15, 0.2) is 38.1 Å². The van der Waals surface area contributed by atoms with E-state index in [1.54, 1.807) is 31.2 Å². The fourth-order valence-electron chi connectivity index (χ4n) is 1.01. The maximum Gasteiger partial charge on any atom is 0.200 e. The van der Waals surface area contributed by atoms with Crippen molar-refractivity contribution < 1.29 is 8.42 Å². The van der Waals surface area contributed by atoms with E-state index >= 15 is 0 Å². The summed E-state index contributed by atoms with van der Waals surface area (Å²) in [5.74, 6) is 0. The average molecular weight is 322 g/mol. The molecule has 0 aliphatic heterocycles. The Morgan fingerprint density at radius 1 is 1.29 bits per heavy atom. The Labute approximate surface area is 98.1 Å². The Morgan fingerprint density at radius 3 is 2.21 bits per heavy atom. The van der Waals surface area contributed by atoms with E-state index in [0.717, 1.165) is 9.14 Å². The number of rotatable bonds is 2. The first-order valence-electron chi connectivity index (χ1n) is 4.07. The summed E-state index contributed by atoms with van der Waals surface area (Å²) in [5, 5.41) is 1.28. The van der Waals surface area contributed by atoms with Gasteiger partial charge in [-0.15, -0.1) is 0 Å². The molecule has 0 fully saturated rings. The molecule has 1 aromatic rings. The van der Waals surface area contributed by atoms with Gasteiger partial charge in [-0.1, -0.05) is 17.7 Å². The van der Waals surface area contributed by atoms with Crippen LogP contribution in [0.1, 0.15) is 12.5 Å². The van der Waals surface area contributed by atoms with Gasteiger partial charge in [-0.3, -0.25) is 0 Å². The molecule has 0 saturated heterocycles. The highest BCUT2D eigenvalue weighted by atomic mass is 127. The molecule has 0 aliphatic carbocycles. The van der Waals surface area contributed by atoms with Crippen molar-refractivity contribution in [2.24, 2.45) is 0 Å². The van der Waals surface area contributed by atoms with E-state index in [9.17, 15) is 8.42 Å². The molecule has 0 unspecified atom stereocenters. The molecule has 76 valence electrons. The van der Waals surface area contributed by atoms with Crippen molar-refractivity contribution in [2.45, 2.75) is 18.7 Å². The second-order valence-corrected chi connectivity index (χ2v) is 6.56. The van der Waals surface area contributed by atoms with E-state index in [2.05, 4.69) is 0 Å². The van der Waals surface area contributed by atoms with E-state index in [0.29, 0.717) is 4.90 Å². The van der Waals surface area contributed by atoms with Crippen LogP contribution in [0.4, 0.5) is 0 Å². The molecule has 1 rings (SSSR count). The predicted molar refractivity (Wildman–Crippen MR) is 66.1 cm³/mol. The molecular weight excluding hydrogens is 311 g/mol. The second kappa shape index (κ2) is 4.44. The van der Waals surface area contributed by atoms with Gasteiger partial charge in [-0.25, -0.2) is 8.42 Å². The van der Waals surface area contributed by atoms with Crippen molar-refractivity contribution in [3.8, 4) is 0 Å². The van der Waals surface area contributed by atoms with Crippen molar-refractivity contribution in [1.82, 2.24) is 0 Å². The SMILES string of the molecule is C/C(I)=C\S(=O)(=O)c1ccc(C)cc1. The van der Waals surface area contributed by atoms with Crippen LogP contribution in [-0.2, 0) is 9.84 Å². The second-order valence-electron chi connectivity index (χ2n) is 3.06. The lowest BCUT2D eigenvalue weighted by atomic mass is 10.2. The van der Waals surface area contributed by atoms with Gasteiger partial charge in [-0.2, -0.15) is 0 Å². The van der Waals surface area contributed by atoms with E-state index in [-0.39, 0.29) is 0 Å². The maximum atomic E-state index is 11.7. The highest BCUT2D eigenvalue weighted by Gasteiger charge is 2.09. The molecule has 0 atom stereocenters. The van der Waals surface area contributed by atoms with Gasteiger partial charge in [0, 0.05) is 5.41 Å². The zero-order valence-electron chi connectivity index (χ0n) is 7.99. The fourth-order valence-corrected chi connectivity index (χ4v) is 3.09. The summed E-state index contributed by atoms with van der Waals surface area (Å²) in [6.45, 7) is 3.68. The lowest BCUT2D eigenvalue weighted by molar-refractivity contribution is 0.604. The first kappa shape index (κ1) is 11.7. The first-order valence-corrected chi connectivity index (χ1v) is 6.70. The van der Waals surface area contributed by atoms with Crippen molar-refractivity contribution in [3.05, 3.63) is 38.8 Å². The van der Waals surface area contributed by atoms with Crippen LogP contribution in [0.2, 0.25) is 0 Å². The molecule has 0 aromatic heterocycles. The molecule has 2 nitrogen and oxygen atoms in total. The normalized spacial score (nSPS) is 12.9. The molecule has 14 heavy (non-hydrogen) atoms. The Balaban J connectivity index is 3.18. The number of hydrogen-bond acceptors (Lipinski definition) is 2. The van der Waals surface area contributed by atoms with Gasteiger partial charge in [0.05, 0.1) is 4.90 Å². The molecule has 0 saturated carbocycles. The number of allylic oxidation sites excluding steroid dienone is 1. The fraction of sp³-hybridized carbons (Fsp3) is 0.200. The third-order valence-electron chi connectivity index (χ3n) is 1.67. The monoisotopic (exact) mass is 322 g/mol. The Bertz CT molecular complexity index is 440. The van der Waals surface area contributed by atoms with Crippen LogP contribution < -0.4 is 0 Å². The molecule has 1 aromatic carbocycles. The molecule has 0 N–H and O–H groups in total. The predicted octanol–water partition coefficient (Wildman–Crippen LogP) is 3.07. The van der Waals surface area contributed by atoms with Crippen molar-refractivity contribution in [2.75, 3.05) is 0 Å². The molecule has 4 heteroatoms. The Hall–Kier alpha value is -0.360. The third-order valence-corrected chi connectivity index (χ3v) is 3.99. The quantitative estimate of drug-likeness (QED) is 0.784. The lowest BCUT2D eigenvalue weighted by Crippen LogP contribution is -1.96. The van der Waals surface area contributed by atoms with Crippen LogP contribution in [0.25, 0.3) is 0 Å². The number of sulfone groups is 1. The number of halogens is 1. The molecule has 0 amide bonds. The van der Waals surface area contributed by atoms with Gasteiger partial charge in [0.2, 0.25) is 9.84 Å². The summed E-state index contributed by atoms with van der Waals surface area (Å²) >= 11 is 1.98. The van der Waals surface area contributed by atoms with E-state index in [1.807, 2.05) is 29.5 Å². The number of benzene rings is 1. The standard InChI is InChI=1S/C10H11IO2S/c1-8-3-5-10(6-4-8)14(12,13)7-9(2)11/h3-7H,1-2H3/b9-7+. The van der Waals surface area contributed by atoms with E-state index in [4.69, 9.17) is 0 Å². The maximum absolute atomic E-state index is 11.7. The summed E-state index contributed by atoms with van der Waals surface area (Å²) in [5.41, 5.74) is 1.05.